The van der Waals surface area contributed by atoms with Gasteiger partial charge in [-0.15, -0.1) is 0 Å². The minimum absolute atomic E-state index is 0.0142. The summed E-state index contributed by atoms with van der Waals surface area (Å²) in [7, 11) is 0. The largest absolute Gasteiger partial charge is 0.334 e. The van der Waals surface area contributed by atoms with Gasteiger partial charge in [-0.1, -0.05) is 6.07 Å². The van der Waals surface area contributed by atoms with E-state index in [-0.39, 0.29) is 23.9 Å². The van der Waals surface area contributed by atoms with E-state index in [4.69, 9.17) is 4.98 Å². The summed E-state index contributed by atoms with van der Waals surface area (Å²) in [5.41, 5.74) is 7.19. The van der Waals surface area contributed by atoms with Crippen LogP contribution in [0.3, 0.4) is 0 Å². The first-order chi connectivity index (χ1) is 12.1. The summed E-state index contributed by atoms with van der Waals surface area (Å²) in [4.78, 5) is 24.1. The number of imidazole rings is 1. The third-order valence-corrected chi connectivity index (χ3v) is 5.28. The van der Waals surface area contributed by atoms with E-state index in [0.717, 1.165) is 36.7 Å². The molecule has 132 valence electrons. The zero-order chi connectivity index (χ0) is 17.4. The van der Waals surface area contributed by atoms with Crippen molar-refractivity contribution in [2.24, 2.45) is 5.92 Å². The summed E-state index contributed by atoms with van der Waals surface area (Å²) in [6.45, 7) is 5.50. The topological polar surface area (TPSA) is 75.1 Å². The molecule has 2 aromatic heterocycles. The van der Waals surface area contributed by atoms with Crippen molar-refractivity contribution in [2.45, 2.75) is 38.8 Å². The number of carbonyl (C=O) groups is 1. The van der Waals surface area contributed by atoms with Crippen LogP contribution in [0.2, 0.25) is 0 Å². The van der Waals surface area contributed by atoms with Crippen LogP contribution in [0.4, 0.5) is 0 Å². The van der Waals surface area contributed by atoms with E-state index in [0.29, 0.717) is 6.54 Å². The summed E-state index contributed by atoms with van der Waals surface area (Å²) in [5, 5.41) is 0. The van der Waals surface area contributed by atoms with Crippen LogP contribution in [0, 0.1) is 12.8 Å². The predicted octanol–water partition coefficient (Wildman–Crippen LogP) is 1.35. The second kappa shape index (κ2) is 6.57. The number of nitrogens with zero attached hydrogens (tertiary/aromatic N) is 4. The van der Waals surface area contributed by atoms with Gasteiger partial charge in [-0.25, -0.2) is 9.97 Å². The Balaban J connectivity index is 1.60. The van der Waals surface area contributed by atoms with Crippen LogP contribution in [-0.2, 0) is 4.79 Å². The molecular weight excluding hydrogens is 316 g/mol. The van der Waals surface area contributed by atoms with Crippen LogP contribution < -0.4 is 10.9 Å². The summed E-state index contributed by atoms with van der Waals surface area (Å²) in [6.07, 6.45) is 5.68. The van der Waals surface area contributed by atoms with Crippen LogP contribution in [0.5, 0.6) is 0 Å². The van der Waals surface area contributed by atoms with Gasteiger partial charge >= 0.3 is 0 Å². The van der Waals surface area contributed by atoms with Gasteiger partial charge in [-0.2, -0.15) is 0 Å². The molecule has 3 atom stereocenters. The molecule has 0 aromatic carbocycles. The number of hydrogen-bond acceptors (Lipinski definition) is 5. The molecule has 2 saturated heterocycles. The highest BCUT2D eigenvalue weighted by Gasteiger charge is 2.38. The van der Waals surface area contributed by atoms with Gasteiger partial charge in [0.15, 0.2) is 0 Å². The van der Waals surface area contributed by atoms with Crippen molar-refractivity contribution in [1.82, 2.24) is 30.3 Å². The van der Waals surface area contributed by atoms with Crippen molar-refractivity contribution in [2.75, 3.05) is 13.1 Å². The molecule has 1 amide bonds. The fourth-order valence-corrected chi connectivity index (χ4v) is 3.84. The molecule has 7 nitrogen and oxygen atoms in total. The minimum Gasteiger partial charge on any atom is -0.334 e. The van der Waals surface area contributed by atoms with E-state index >= 15 is 0 Å². The normalized spacial score (nSPS) is 26.3. The summed E-state index contributed by atoms with van der Waals surface area (Å²) in [6, 6.07) is 6.23. The smallest absolute Gasteiger partial charge is 0.229 e. The molecule has 0 aliphatic carbocycles. The third-order valence-electron chi connectivity index (χ3n) is 5.28. The van der Waals surface area contributed by atoms with Crippen LogP contribution in [0.25, 0.3) is 5.82 Å². The number of carbonyl (C=O) groups excluding carboxylic acids is 1. The van der Waals surface area contributed by atoms with Gasteiger partial charge < -0.3 is 4.90 Å². The van der Waals surface area contributed by atoms with E-state index in [2.05, 4.69) is 15.8 Å². The SMILES string of the molecule is Cc1nccn1-c1cccc(C2CCCN2C(=O)C2CNNC2C)n1. The number of likely N-dealkylation sites (tertiary alicyclic amines) is 1. The Kier molecular flexibility index (Phi) is 4.27. The highest BCUT2D eigenvalue weighted by molar-refractivity contribution is 5.80. The maximum Gasteiger partial charge on any atom is 0.229 e. The number of aryl methyl sites for hydroxylation is 1. The first-order valence-corrected chi connectivity index (χ1v) is 8.91. The number of aromatic nitrogens is 3. The van der Waals surface area contributed by atoms with E-state index in [1.807, 2.05) is 47.7 Å². The molecule has 4 rings (SSSR count). The Bertz CT molecular complexity index is 772. The standard InChI is InChI=1S/C18H24N6O/c1-12-14(11-20-22-12)18(25)24-9-4-6-16(24)15-5-3-7-17(21-15)23-10-8-19-13(23)2/h3,5,7-8,10,12,14,16,20,22H,4,6,9,11H2,1-2H3. The van der Waals surface area contributed by atoms with Gasteiger partial charge in [0.1, 0.15) is 11.6 Å². The van der Waals surface area contributed by atoms with Gasteiger partial charge in [0.25, 0.3) is 0 Å². The maximum absolute atomic E-state index is 13.0. The van der Waals surface area contributed by atoms with Crippen molar-refractivity contribution < 1.29 is 4.79 Å². The van der Waals surface area contributed by atoms with Crippen LogP contribution in [0.15, 0.2) is 30.6 Å². The Hall–Kier alpha value is -2.25. The fourth-order valence-electron chi connectivity index (χ4n) is 3.84. The molecule has 25 heavy (non-hydrogen) atoms. The number of rotatable bonds is 3. The molecule has 4 heterocycles. The number of nitrogens with one attached hydrogen (secondary N) is 2. The number of hydrazine groups is 1. The van der Waals surface area contributed by atoms with Crippen LogP contribution >= 0.6 is 0 Å². The van der Waals surface area contributed by atoms with Gasteiger partial charge in [-0.3, -0.25) is 20.2 Å². The average molecular weight is 340 g/mol. The Labute approximate surface area is 147 Å². The summed E-state index contributed by atoms with van der Waals surface area (Å²) >= 11 is 0. The Morgan fingerprint density at radius 1 is 1.36 bits per heavy atom. The predicted molar refractivity (Wildman–Crippen MR) is 93.9 cm³/mol. The molecule has 0 saturated carbocycles. The van der Waals surface area contributed by atoms with Gasteiger partial charge in [0, 0.05) is 31.5 Å². The second-order valence-electron chi connectivity index (χ2n) is 6.88. The minimum atomic E-state index is -0.0142. The van der Waals surface area contributed by atoms with E-state index < -0.39 is 0 Å². The average Bonchev–Trinajstić information content (AvgIpc) is 3.35. The lowest BCUT2D eigenvalue weighted by Gasteiger charge is -2.28. The molecule has 7 heteroatoms. The molecular formula is C18H24N6O. The van der Waals surface area contributed by atoms with Crippen molar-refractivity contribution in [3.8, 4) is 5.82 Å². The highest BCUT2D eigenvalue weighted by atomic mass is 16.2. The van der Waals surface area contributed by atoms with Crippen LogP contribution in [-0.4, -0.2) is 44.5 Å². The molecule has 2 aromatic rings. The van der Waals surface area contributed by atoms with Gasteiger partial charge in [0.2, 0.25) is 5.91 Å². The molecule has 0 radical (unpaired) electrons. The fraction of sp³-hybridized carbons (Fsp3) is 0.500. The van der Waals surface area contributed by atoms with Crippen molar-refractivity contribution in [1.29, 1.82) is 0 Å². The van der Waals surface area contributed by atoms with Gasteiger partial charge in [0.05, 0.1) is 17.7 Å². The quantitative estimate of drug-likeness (QED) is 0.882. The van der Waals surface area contributed by atoms with Crippen molar-refractivity contribution in [3.63, 3.8) is 0 Å². The van der Waals surface area contributed by atoms with E-state index in [1.165, 1.54) is 0 Å². The molecule has 0 bridgehead atoms. The summed E-state index contributed by atoms with van der Waals surface area (Å²) < 4.78 is 1.97. The molecule has 2 fully saturated rings. The number of amides is 1. The molecule has 2 N–H and O–H groups in total. The molecule has 0 spiro atoms. The lowest BCUT2D eigenvalue weighted by molar-refractivity contribution is -0.136. The van der Waals surface area contributed by atoms with Gasteiger partial charge in [-0.05, 0) is 38.8 Å². The van der Waals surface area contributed by atoms with Crippen LogP contribution in [0.1, 0.15) is 37.3 Å². The Morgan fingerprint density at radius 2 is 2.24 bits per heavy atom. The Morgan fingerprint density at radius 3 is 2.96 bits per heavy atom. The summed E-state index contributed by atoms with van der Waals surface area (Å²) in [5.74, 6) is 1.96. The second-order valence-corrected chi connectivity index (χ2v) is 6.88. The number of pyridine rings is 1. The van der Waals surface area contributed by atoms with Crippen molar-refractivity contribution in [3.05, 3.63) is 42.1 Å². The third kappa shape index (κ3) is 2.94. The maximum atomic E-state index is 13.0. The highest BCUT2D eigenvalue weighted by Crippen LogP contribution is 2.33. The first kappa shape index (κ1) is 16.2. The zero-order valence-electron chi connectivity index (χ0n) is 14.6. The lowest BCUT2D eigenvalue weighted by Crippen LogP contribution is -2.41. The molecule has 2 aliphatic rings. The zero-order valence-corrected chi connectivity index (χ0v) is 14.6. The lowest BCUT2D eigenvalue weighted by atomic mass is 10.0. The van der Waals surface area contributed by atoms with E-state index in [1.54, 1.807) is 6.20 Å². The van der Waals surface area contributed by atoms with E-state index in [9.17, 15) is 4.79 Å². The number of hydrogen-bond donors (Lipinski definition) is 2. The first-order valence-electron chi connectivity index (χ1n) is 8.91. The van der Waals surface area contributed by atoms with Crippen molar-refractivity contribution >= 4 is 5.91 Å². The monoisotopic (exact) mass is 340 g/mol. The molecule has 2 aliphatic heterocycles. The molecule has 3 unspecified atom stereocenters.